The molecule has 0 unspecified atom stereocenters. The minimum atomic E-state index is -0.174. The lowest BCUT2D eigenvalue weighted by molar-refractivity contribution is -0.116. The van der Waals surface area contributed by atoms with Crippen LogP contribution in [-0.4, -0.2) is 31.7 Å². The number of imidazole rings is 1. The van der Waals surface area contributed by atoms with Gasteiger partial charge in [-0.2, -0.15) is 0 Å². The molecular formula is C22H25N5O2S. The molecule has 0 saturated heterocycles. The van der Waals surface area contributed by atoms with Gasteiger partial charge < -0.3 is 14.9 Å². The summed E-state index contributed by atoms with van der Waals surface area (Å²) in [5, 5.41) is 3.49. The highest BCUT2D eigenvalue weighted by atomic mass is 32.2. The largest absolute Gasteiger partial charge is 0.334 e. The van der Waals surface area contributed by atoms with Crippen molar-refractivity contribution in [3.63, 3.8) is 0 Å². The Balaban J connectivity index is 1.37. The van der Waals surface area contributed by atoms with Crippen LogP contribution in [0, 0.1) is 6.92 Å². The number of carbonyl (C=O) groups excluding carboxylic acids is 1. The standard InChI is InChI=1S/C22H25N5O2S/c1-14-17(21(29)26-22(23-14)30-2)10-11-20(28)24-16-8-6-15(7-9-16)18-13-27-12-4-3-5-19(27)25-18/h6-9,13H,3-5,10-12H2,1-2H3,(H,24,28)(H,23,26,29). The van der Waals surface area contributed by atoms with E-state index in [1.807, 2.05) is 30.5 Å². The van der Waals surface area contributed by atoms with Crippen molar-refractivity contribution in [2.24, 2.45) is 0 Å². The van der Waals surface area contributed by atoms with E-state index in [0.717, 1.165) is 35.7 Å². The molecule has 3 aromatic rings. The van der Waals surface area contributed by atoms with Crippen LogP contribution in [0.25, 0.3) is 11.3 Å². The van der Waals surface area contributed by atoms with Crippen LogP contribution >= 0.6 is 11.8 Å². The Bertz CT molecular complexity index is 1090. The van der Waals surface area contributed by atoms with Gasteiger partial charge >= 0.3 is 0 Å². The van der Waals surface area contributed by atoms with Crippen molar-refractivity contribution < 1.29 is 4.79 Å². The number of carbonyl (C=O) groups is 1. The van der Waals surface area contributed by atoms with E-state index in [0.29, 0.717) is 22.8 Å². The SMILES string of the molecule is CSc1nc(C)c(CCC(=O)Nc2ccc(-c3cn4c(n3)CCCC4)cc2)c(=O)[nH]1. The zero-order valence-corrected chi connectivity index (χ0v) is 18.0. The normalized spacial score (nSPS) is 13.1. The van der Waals surface area contributed by atoms with Crippen LogP contribution in [0.4, 0.5) is 5.69 Å². The summed E-state index contributed by atoms with van der Waals surface area (Å²) in [6.45, 7) is 2.84. The van der Waals surface area contributed by atoms with Gasteiger partial charge in [0.25, 0.3) is 5.56 Å². The molecule has 1 aromatic carbocycles. The van der Waals surface area contributed by atoms with Crippen molar-refractivity contribution in [2.75, 3.05) is 11.6 Å². The molecule has 1 aliphatic heterocycles. The summed E-state index contributed by atoms with van der Waals surface area (Å²) in [4.78, 5) is 36.4. The van der Waals surface area contributed by atoms with Crippen LogP contribution in [0.15, 0.2) is 40.4 Å². The Kier molecular flexibility index (Phi) is 6.03. The first-order valence-electron chi connectivity index (χ1n) is 10.1. The summed E-state index contributed by atoms with van der Waals surface area (Å²) < 4.78 is 2.23. The van der Waals surface area contributed by atoms with Crippen molar-refractivity contribution in [1.82, 2.24) is 19.5 Å². The summed E-state index contributed by atoms with van der Waals surface area (Å²) in [6.07, 6.45) is 7.98. The second kappa shape index (κ2) is 8.87. The number of amides is 1. The molecule has 30 heavy (non-hydrogen) atoms. The van der Waals surface area contributed by atoms with Gasteiger partial charge in [0.2, 0.25) is 5.91 Å². The van der Waals surface area contributed by atoms with Gasteiger partial charge in [0.05, 0.1) is 5.69 Å². The number of thioether (sulfide) groups is 1. The highest BCUT2D eigenvalue weighted by Gasteiger charge is 2.14. The number of benzene rings is 1. The molecule has 1 amide bonds. The summed E-state index contributed by atoms with van der Waals surface area (Å²) in [7, 11) is 0. The van der Waals surface area contributed by atoms with Crippen molar-refractivity contribution >= 4 is 23.4 Å². The van der Waals surface area contributed by atoms with Crippen molar-refractivity contribution in [3.05, 3.63) is 57.9 Å². The van der Waals surface area contributed by atoms with E-state index in [9.17, 15) is 9.59 Å². The second-order valence-electron chi connectivity index (χ2n) is 7.46. The number of nitrogens with zero attached hydrogens (tertiary/aromatic N) is 3. The fraction of sp³-hybridized carbons (Fsp3) is 0.364. The molecule has 4 rings (SSSR count). The Morgan fingerprint density at radius 2 is 2.03 bits per heavy atom. The summed E-state index contributed by atoms with van der Waals surface area (Å²) in [5.74, 6) is 1.02. The number of aromatic amines is 1. The van der Waals surface area contributed by atoms with Gasteiger partial charge in [-0.05, 0) is 44.6 Å². The Labute approximate surface area is 179 Å². The van der Waals surface area contributed by atoms with E-state index in [4.69, 9.17) is 4.98 Å². The third kappa shape index (κ3) is 4.48. The number of hydrogen-bond donors (Lipinski definition) is 2. The van der Waals surface area contributed by atoms with Crippen LogP contribution in [-0.2, 0) is 24.2 Å². The van der Waals surface area contributed by atoms with Gasteiger partial charge in [0.1, 0.15) is 5.82 Å². The van der Waals surface area contributed by atoms with E-state index in [1.54, 1.807) is 6.92 Å². The van der Waals surface area contributed by atoms with Gasteiger partial charge in [-0.3, -0.25) is 9.59 Å². The van der Waals surface area contributed by atoms with Crippen LogP contribution in [0.3, 0.4) is 0 Å². The molecule has 7 nitrogen and oxygen atoms in total. The Morgan fingerprint density at radius 3 is 2.73 bits per heavy atom. The van der Waals surface area contributed by atoms with Gasteiger partial charge in [0, 0.05) is 48.1 Å². The van der Waals surface area contributed by atoms with Crippen LogP contribution in [0.1, 0.15) is 36.3 Å². The molecule has 2 aromatic heterocycles. The van der Waals surface area contributed by atoms with E-state index in [-0.39, 0.29) is 17.9 Å². The first-order chi connectivity index (χ1) is 14.5. The number of rotatable bonds is 6. The maximum atomic E-state index is 12.4. The van der Waals surface area contributed by atoms with Gasteiger partial charge in [0.15, 0.2) is 5.16 Å². The first kappa shape index (κ1) is 20.4. The van der Waals surface area contributed by atoms with Crippen LogP contribution < -0.4 is 10.9 Å². The zero-order valence-electron chi connectivity index (χ0n) is 17.2. The molecule has 156 valence electrons. The number of nitrogens with one attached hydrogen (secondary N) is 2. The number of aryl methyl sites for hydroxylation is 3. The topological polar surface area (TPSA) is 92.7 Å². The lowest BCUT2D eigenvalue weighted by atomic mass is 10.1. The van der Waals surface area contributed by atoms with E-state index >= 15 is 0 Å². The average Bonchev–Trinajstić information content (AvgIpc) is 3.17. The molecule has 3 heterocycles. The number of fused-ring (bicyclic) bond motifs is 1. The summed E-state index contributed by atoms with van der Waals surface area (Å²) >= 11 is 1.39. The number of anilines is 1. The molecule has 0 spiro atoms. The maximum absolute atomic E-state index is 12.4. The van der Waals surface area contributed by atoms with Crippen molar-refractivity contribution in [3.8, 4) is 11.3 Å². The lowest BCUT2D eigenvalue weighted by Crippen LogP contribution is -2.20. The maximum Gasteiger partial charge on any atom is 0.254 e. The van der Waals surface area contributed by atoms with E-state index in [1.165, 1.54) is 24.6 Å². The third-order valence-electron chi connectivity index (χ3n) is 5.37. The fourth-order valence-corrected chi connectivity index (χ4v) is 4.14. The molecule has 0 radical (unpaired) electrons. The number of aromatic nitrogens is 4. The predicted molar refractivity (Wildman–Crippen MR) is 119 cm³/mol. The highest BCUT2D eigenvalue weighted by molar-refractivity contribution is 7.98. The van der Waals surface area contributed by atoms with Gasteiger partial charge in [-0.15, -0.1) is 0 Å². The smallest absolute Gasteiger partial charge is 0.254 e. The predicted octanol–water partition coefficient (Wildman–Crippen LogP) is 3.57. The summed E-state index contributed by atoms with van der Waals surface area (Å²) in [6, 6.07) is 7.73. The van der Waals surface area contributed by atoms with Gasteiger partial charge in [-0.25, -0.2) is 9.97 Å². The van der Waals surface area contributed by atoms with Crippen molar-refractivity contribution in [2.45, 2.75) is 50.7 Å². The first-order valence-corrected chi connectivity index (χ1v) is 11.4. The molecule has 0 fully saturated rings. The van der Waals surface area contributed by atoms with E-state index in [2.05, 4.69) is 26.0 Å². The number of H-pyrrole nitrogens is 1. The molecule has 0 atom stereocenters. The minimum absolute atomic E-state index is 0.132. The molecule has 1 aliphatic rings. The highest BCUT2D eigenvalue weighted by Crippen LogP contribution is 2.24. The second-order valence-corrected chi connectivity index (χ2v) is 8.25. The molecule has 0 saturated carbocycles. The molecule has 2 N–H and O–H groups in total. The lowest BCUT2D eigenvalue weighted by Gasteiger charge is -2.11. The quantitative estimate of drug-likeness (QED) is 0.467. The molecular weight excluding hydrogens is 398 g/mol. The minimum Gasteiger partial charge on any atom is -0.334 e. The summed E-state index contributed by atoms with van der Waals surface area (Å²) in [5.41, 5.74) is 3.80. The molecule has 0 aliphatic carbocycles. The monoisotopic (exact) mass is 423 g/mol. The fourth-order valence-electron chi connectivity index (χ4n) is 3.71. The molecule has 0 bridgehead atoms. The average molecular weight is 424 g/mol. The third-order valence-corrected chi connectivity index (χ3v) is 5.95. The van der Waals surface area contributed by atoms with E-state index < -0.39 is 0 Å². The Morgan fingerprint density at radius 1 is 1.23 bits per heavy atom. The van der Waals surface area contributed by atoms with Crippen LogP contribution in [0.5, 0.6) is 0 Å². The zero-order chi connectivity index (χ0) is 21.1. The van der Waals surface area contributed by atoms with Crippen molar-refractivity contribution in [1.29, 1.82) is 0 Å². The Hall–Kier alpha value is -2.87. The molecule has 8 heteroatoms. The van der Waals surface area contributed by atoms with Gasteiger partial charge in [-0.1, -0.05) is 23.9 Å². The van der Waals surface area contributed by atoms with Crippen LogP contribution in [0.2, 0.25) is 0 Å². The number of hydrogen-bond acceptors (Lipinski definition) is 5.